The molecule has 1 saturated carbocycles. The van der Waals surface area contributed by atoms with Gasteiger partial charge < -0.3 is 19.8 Å². The van der Waals surface area contributed by atoms with Crippen LogP contribution in [0.1, 0.15) is 45.1 Å². The summed E-state index contributed by atoms with van der Waals surface area (Å²) >= 11 is 0. The van der Waals surface area contributed by atoms with Gasteiger partial charge in [0.25, 0.3) is 11.8 Å². The molecule has 1 heterocycles. The molecule has 0 saturated heterocycles. The van der Waals surface area contributed by atoms with Gasteiger partial charge >= 0.3 is 5.97 Å². The van der Waals surface area contributed by atoms with Crippen molar-refractivity contribution in [3.63, 3.8) is 0 Å². The number of furan rings is 1. The van der Waals surface area contributed by atoms with Crippen molar-refractivity contribution >= 4 is 23.5 Å². The molecule has 1 aromatic heterocycles. The number of para-hydroxylation sites is 1. The molecule has 1 fully saturated rings. The molecule has 7 heteroatoms. The average molecular weight is 356 g/mol. The molecule has 2 amide bonds. The Bertz CT molecular complexity index is 851. The van der Waals surface area contributed by atoms with Crippen LogP contribution in [0.4, 0.5) is 5.69 Å². The Kier molecular flexibility index (Phi) is 5.06. The van der Waals surface area contributed by atoms with Crippen LogP contribution in [-0.2, 0) is 9.53 Å². The third-order valence-electron chi connectivity index (χ3n) is 3.95. The second-order valence-electron chi connectivity index (χ2n) is 6.24. The largest absolute Gasteiger partial charge is 0.466 e. The van der Waals surface area contributed by atoms with Gasteiger partial charge in [-0.3, -0.25) is 9.59 Å². The first-order valence-corrected chi connectivity index (χ1v) is 8.38. The van der Waals surface area contributed by atoms with Gasteiger partial charge in [0, 0.05) is 6.04 Å². The number of rotatable bonds is 6. The van der Waals surface area contributed by atoms with Gasteiger partial charge in [0.15, 0.2) is 6.61 Å². The van der Waals surface area contributed by atoms with E-state index < -0.39 is 18.5 Å². The summed E-state index contributed by atoms with van der Waals surface area (Å²) in [5, 5.41) is 5.49. The minimum atomic E-state index is -0.630. The molecule has 0 radical (unpaired) electrons. The van der Waals surface area contributed by atoms with Crippen LogP contribution >= 0.6 is 0 Å². The van der Waals surface area contributed by atoms with Gasteiger partial charge in [0.05, 0.1) is 11.3 Å². The van der Waals surface area contributed by atoms with Gasteiger partial charge in [-0.25, -0.2) is 4.79 Å². The van der Waals surface area contributed by atoms with E-state index >= 15 is 0 Å². The third kappa shape index (κ3) is 4.30. The Morgan fingerprint density at radius 1 is 1.15 bits per heavy atom. The zero-order valence-electron chi connectivity index (χ0n) is 14.6. The number of nitrogens with one attached hydrogen (secondary N) is 2. The summed E-state index contributed by atoms with van der Waals surface area (Å²) in [6.07, 6.45) is 1.95. The highest BCUT2D eigenvalue weighted by Gasteiger charge is 2.25. The quantitative estimate of drug-likeness (QED) is 0.775. The topological polar surface area (TPSA) is 97.6 Å². The Morgan fingerprint density at radius 2 is 1.88 bits per heavy atom. The molecule has 7 nitrogen and oxygen atoms in total. The Morgan fingerprint density at radius 3 is 2.54 bits per heavy atom. The molecule has 1 aromatic carbocycles. The highest BCUT2D eigenvalue weighted by atomic mass is 16.5. The number of carbonyl (C=O) groups excluding carboxylic acids is 3. The fourth-order valence-corrected chi connectivity index (χ4v) is 2.51. The normalized spacial score (nSPS) is 13.2. The molecule has 1 aliphatic rings. The summed E-state index contributed by atoms with van der Waals surface area (Å²) < 4.78 is 10.3. The lowest BCUT2D eigenvalue weighted by Crippen LogP contribution is -2.28. The van der Waals surface area contributed by atoms with Gasteiger partial charge in [-0.1, -0.05) is 12.1 Å². The molecule has 2 aromatic rings. The van der Waals surface area contributed by atoms with Gasteiger partial charge in [0.2, 0.25) is 0 Å². The van der Waals surface area contributed by atoms with E-state index in [1.807, 2.05) is 0 Å². The maximum Gasteiger partial charge on any atom is 0.342 e. The number of ether oxygens (including phenoxy) is 1. The fourth-order valence-electron chi connectivity index (χ4n) is 2.51. The van der Waals surface area contributed by atoms with Crippen molar-refractivity contribution in [2.75, 3.05) is 11.9 Å². The van der Waals surface area contributed by atoms with Crippen molar-refractivity contribution in [3.05, 3.63) is 53.0 Å². The van der Waals surface area contributed by atoms with E-state index in [0.29, 0.717) is 28.3 Å². The SMILES string of the molecule is Cc1cc(C(=O)OCC(=O)Nc2ccccc2C(=O)NC2CC2)c(C)o1. The van der Waals surface area contributed by atoms with Crippen molar-refractivity contribution in [1.82, 2.24) is 5.32 Å². The monoisotopic (exact) mass is 356 g/mol. The number of esters is 1. The maximum atomic E-state index is 12.2. The van der Waals surface area contributed by atoms with E-state index in [0.717, 1.165) is 12.8 Å². The predicted octanol–water partition coefficient (Wildman–Crippen LogP) is 2.58. The zero-order valence-corrected chi connectivity index (χ0v) is 14.6. The summed E-state index contributed by atoms with van der Waals surface area (Å²) in [7, 11) is 0. The molecule has 0 atom stereocenters. The molecule has 0 aliphatic heterocycles. The highest BCUT2D eigenvalue weighted by molar-refractivity contribution is 6.04. The van der Waals surface area contributed by atoms with Crippen molar-refractivity contribution in [3.8, 4) is 0 Å². The van der Waals surface area contributed by atoms with Crippen LogP contribution in [0.3, 0.4) is 0 Å². The van der Waals surface area contributed by atoms with Crippen LogP contribution in [-0.4, -0.2) is 30.4 Å². The van der Waals surface area contributed by atoms with E-state index in [2.05, 4.69) is 10.6 Å². The van der Waals surface area contributed by atoms with Crippen LogP contribution in [0.5, 0.6) is 0 Å². The summed E-state index contributed by atoms with van der Waals surface area (Å²) in [5.74, 6) is -0.355. The van der Waals surface area contributed by atoms with Gasteiger partial charge in [-0.15, -0.1) is 0 Å². The van der Waals surface area contributed by atoms with E-state index in [1.54, 1.807) is 44.2 Å². The first-order chi connectivity index (χ1) is 12.4. The van der Waals surface area contributed by atoms with Crippen LogP contribution < -0.4 is 10.6 Å². The predicted molar refractivity (Wildman–Crippen MR) is 94.0 cm³/mol. The van der Waals surface area contributed by atoms with E-state index in [-0.39, 0.29) is 11.9 Å². The number of carbonyl (C=O) groups is 3. The van der Waals surface area contributed by atoms with E-state index in [1.165, 1.54) is 0 Å². The summed E-state index contributed by atoms with van der Waals surface area (Å²) in [4.78, 5) is 36.3. The van der Waals surface area contributed by atoms with Crippen LogP contribution in [0.15, 0.2) is 34.7 Å². The number of hydrogen-bond donors (Lipinski definition) is 2. The van der Waals surface area contributed by atoms with Crippen molar-refractivity contribution in [2.24, 2.45) is 0 Å². The van der Waals surface area contributed by atoms with Crippen molar-refractivity contribution in [2.45, 2.75) is 32.7 Å². The van der Waals surface area contributed by atoms with Gasteiger partial charge in [-0.2, -0.15) is 0 Å². The van der Waals surface area contributed by atoms with Gasteiger partial charge in [0.1, 0.15) is 17.1 Å². The molecule has 136 valence electrons. The third-order valence-corrected chi connectivity index (χ3v) is 3.95. The first-order valence-electron chi connectivity index (χ1n) is 8.38. The van der Waals surface area contributed by atoms with Crippen molar-refractivity contribution in [1.29, 1.82) is 0 Å². The number of anilines is 1. The van der Waals surface area contributed by atoms with Gasteiger partial charge in [-0.05, 0) is 44.9 Å². The first kappa shape index (κ1) is 17.7. The Hall–Kier alpha value is -3.09. The molecule has 1 aliphatic carbocycles. The van der Waals surface area contributed by atoms with E-state index in [9.17, 15) is 14.4 Å². The van der Waals surface area contributed by atoms with E-state index in [4.69, 9.17) is 9.15 Å². The second kappa shape index (κ2) is 7.43. The number of amides is 2. The summed E-state index contributed by atoms with van der Waals surface area (Å²) in [6.45, 7) is 2.92. The van der Waals surface area contributed by atoms with Crippen LogP contribution in [0.2, 0.25) is 0 Å². The molecular weight excluding hydrogens is 336 g/mol. The minimum Gasteiger partial charge on any atom is -0.466 e. The molecule has 2 N–H and O–H groups in total. The lowest BCUT2D eigenvalue weighted by atomic mass is 10.1. The fraction of sp³-hybridized carbons (Fsp3) is 0.316. The molecule has 3 rings (SSSR count). The number of hydrogen-bond acceptors (Lipinski definition) is 5. The highest BCUT2D eigenvalue weighted by Crippen LogP contribution is 2.21. The smallest absolute Gasteiger partial charge is 0.342 e. The lowest BCUT2D eigenvalue weighted by Gasteiger charge is -2.11. The summed E-state index contributed by atoms with van der Waals surface area (Å²) in [6, 6.07) is 8.48. The van der Waals surface area contributed by atoms with Crippen LogP contribution in [0, 0.1) is 13.8 Å². The maximum absolute atomic E-state index is 12.2. The standard InChI is InChI=1S/C19H20N2O5/c1-11-9-15(12(2)26-11)19(24)25-10-17(22)21-16-6-4-3-5-14(16)18(23)20-13-7-8-13/h3-6,9,13H,7-8,10H2,1-2H3,(H,20,23)(H,21,22). The molecule has 0 unspecified atom stereocenters. The molecular formula is C19H20N2O5. The summed E-state index contributed by atoms with van der Waals surface area (Å²) in [5.41, 5.74) is 1.04. The molecule has 26 heavy (non-hydrogen) atoms. The lowest BCUT2D eigenvalue weighted by molar-refractivity contribution is -0.119. The molecule has 0 bridgehead atoms. The minimum absolute atomic E-state index is 0.217. The zero-order chi connectivity index (χ0) is 18.7. The number of benzene rings is 1. The Labute approximate surface area is 150 Å². The van der Waals surface area contributed by atoms with Crippen LogP contribution in [0.25, 0.3) is 0 Å². The second-order valence-corrected chi connectivity index (χ2v) is 6.24. The average Bonchev–Trinajstić information content (AvgIpc) is 3.35. The number of aryl methyl sites for hydroxylation is 2. The molecule has 0 spiro atoms. The Balaban J connectivity index is 1.59. The van der Waals surface area contributed by atoms with Crippen molar-refractivity contribution < 1.29 is 23.5 Å².